The van der Waals surface area contributed by atoms with E-state index < -0.39 is 11.7 Å². The number of benzene rings is 2. The van der Waals surface area contributed by atoms with Crippen molar-refractivity contribution in [2.75, 3.05) is 0 Å². The normalized spacial score (nSPS) is 16.8. The summed E-state index contributed by atoms with van der Waals surface area (Å²) in [6, 6.07) is 17.2. The zero-order valence-electron chi connectivity index (χ0n) is 14.8. The van der Waals surface area contributed by atoms with Gasteiger partial charge in [-0.15, -0.1) is 0 Å². The Kier molecular flexibility index (Phi) is 4.98. The summed E-state index contributed by atoms with van der Waals surface area (Å²) in [6.45, 7) is 4.12. The predicted molar refractivity (Wildman–Crippen MR) is 103 cm³/mol. The molecule has 0 atom stereocenters. The molecule has 0 bridgehead atoms. The summed E-state index contributed by atoms with van der Waals surface area (Å²) >= 11 is 0. The minimum atomic E-state index is -0.771. The first-order chi connectivity index (χ1) is 12.4. The fourth-order valence-electron chi connectivity index (χ4n) is 2.96. The molecule has 0 spiro atoms. The molecule has 0 aliphatic carbocycles. The highest BCUT2D eigenvalue weighted by Crippen LogP contribution is 2.29. The third-order valence-electron chi connectivity index (χ3n) is 4.09. The number of rotatable bonds is 4. The van der Waals surface area contributed by atoms with Gasteiger partial charge in [-0.05, 0) is 31.4 Å². The van der Waals surface area contributed by atoms with E-state index >= 15 is 0 Å². The number of hydrazone groups is 1. The number of hydrogen-bond acceptors (Lipinski definition) is 4. The molecule has 0 fully saturated rings. The van der Waals surface area contributed by atoms with E-state index in [2.05, 4.69) is 29.7 Å². The van der Waals surface area contributed by atoms with Crippen LogP contribution in [0.4, 0.5) is 0 Å². The first-order valence-corrected chi connectivity index (χ1v) is 8.45. The van der Waals surface area contributed by atoms with Gasteiger partial charge < -0.3 is 5.32 Å². The molecule has 132 valence electrons. The molecule has 5 heteroatoms. The largest absolute Gasteiger partial charge is 0.379 e. The molecule has 1 amide bonds. The molecule has 2 aromatic rings. The molecule has 0 unspecified atom stereocenters. The molecular weight excluding hydrogens is 326 g/mol. The second-order valence-electron chi connectivity index (χ2n) is 6.87. The van der Waals surface area contributed by atoms with Crippen LogP contribution in [0.2, 0.25) is 0 Å². The van der Waals surface area contributed by atoms with Crippen molar-refractivity contribution >= 4 is 23.6 Å². The van der Waals surface area contributed by atoms with Crippen LogP contribution in [0.1, 0.15) is 30.5 Å². The molecule has 0 radical (unpaired) electrons. The fraction of sp³-hybridized carbons (Fsp3) is 0.190. The van der Waals surface area contributed by atoms with E-state index in [-0.39, 0.29) is 5.54 Å². The van der Waals surface area contributed by atoms with Gasteiger partial charge in [0, 0.05) is 22.9 Å². The number of carbonyl (C=O) groups excluding carboxylic acids is 2. The maximum Gasteiger partial charge on any atom is 0.311 e. The highest BCUT2D eigenvalue weighted by atomic mass is 16.2. The van der Waals surface area contributed by atoms with Crippen LogP contribution < -0.4 is 10.7 Å². The lowest BCUT2D eigenvalue weighted by Crippen LogP contribution is -2.44. The van der Waals surface area contributed by atoms with E-state index in [1.165, 1.54) is 12.3 Å². The van der Waals surface area contributed by atoms with Crippen molar-refractivity contribution in [2.24, 2.45) is 5.10 Å². The molecule has 2 N–H and O–H groups in total. The molecule has 1 aliphatic rings. The second kappa shape index (κ2) is 7.35. The Bertz CT molecular complexity index is 883. The lowest BCUT2D eigenvalue weighted by atomic mass is 9.85. The van der Waals surface area contributed by atoms with Gasteiger partial charge >= 0.3 is 5.91 Å². The monoisotopic (exact) mass is 347 g/mol. The molecule has 0 aromatic heterocycles. The quantitative estimate of drug-likeness (QED) is 0.387. The summed E-state index contributed by atoms with van der Waals surface area (Å²) in [6.07, 6.45) is 3.69. The summed E-state index contributed by atoms with van der Waals surface area (Å²) in [5, 5.41) is 7.17. The first kappa shape index (κ1) is 17.6. The molecule has 2 aromatic carbocycles. The van der Waals surface area contributed by atoms with Crippen LogP contribution in [-0.2, 0) is 16.0 Å². The van der Waals surface area contributed by atoms with E-state index in [4.69, 9.17) is 0 Å². The summed E-state index contributed by atoms with van der Waals surface area (Å²) in [7, 11) is 0. The third kappa shape index (κ3) is 4.25. The van der Waals surface area contributed by atoms with Gasteiger partial charge in [-0.2, -0.15) is 5.10 Å². The number of nitrogens with one attached hydrogen (secondary N) is 2. The number of amides is 1. The van der Waals surface area contributed by atoms with Gasteiger partial charge in [-0.3, -0.25) is 9.59 Å². The van der Waals surface area contributed by atoms with Crippen LogP contribution in [0.3, 0.4) is 0 Å². The van der Waals surface area contributed by atoms with Gasteiger partial charge in [0.05, 0.1) is 6.21 Å². The topological polar surface area (TPSA) is 70.6 Å². The second-order valence-corrected chi connectivity index (χ2v) is 6.87. The first-order valence-electron chi connectivity index (χ1n) is 8.45. The highest BCUT2D eigenvalue weighted by molar-refractivity contribution is 6.41. The number of ketones is 1. The molecule has 0 saturated heterocycles. The van der Waals surface area contributed by atoms with E-state index in [9.17, 15) is 9.59 Å². The Morgan fingerprint density at radius 1 is 1.08 bits per heavy atom. The van der Waals surface area contributed by atoms with E-state index in [1.54, 1.807) is 0 Å². The molecule has 1 aliphatic heterocycles. The average Bonchev–Trinajstić information content (AvgIpc) is 2.61. The summed E-state index contributed by atoms with van der Waals surface area (Å²) in [5.41, 5.74) is 5.67. The zero-order valence-corrected chi connectivity index (χ0v) is 14.8. The van der Waals surface area contributed by atoms with Crippen molar-refractivity contribution in [3.63, 3.8) is 0 Å². The lowest BCUT2D eigenvalue weighted by molar-refractivity contribution is -0.135. The van der Waals surface area contributed by atoms with Crippen LogP contribution in [0.5, 0.6) is 0 Å². The van der Waals surface area contributed by atoms with Crippen molar-refractivity contribution in [3.8, 4) is 0 Å². The van der Waals surface area contributed by atoms with Gasteiger partial charge in [0.15, 0.2) is 0 Å². The van der Waals surface area contributed by atoms with Gasteiger partial charge in [0.25, 0.3) is 0 Å². The Hall–Kier alpha value is -3.21. The summed E-state index contributed by atoms with van der Waals surface area (Å²) in [5.74, 6) is -1.42. The number of hydrogen-bond donors (Lipinski definition) is 2. The Labute approximate surface area is 152 Å². The van der Waals surface area contributed by atoms with E-state index in [0.29, 0.717) is 5.70 Å². The summed E-state index contributed by atoms with van der Waals surface area (Å²) in [4.78, 5) is 24.3. The van der Waals surface area contributed by atoms with Crippen LogP contribution in [-0.4, -0.2) is 23.4 Å². The summed E-state index contributed by atoms with van der Waals surface area (Å²) < 4.78 is 0. The van der Waals surface area contributed by atoms with Crippen molar-refractivity contribution in [1.82, 2.24) is 10.7 Å². The molecular formula is C21H21N3O2. The molecule has 0 saturated carbocycles. The van der Waals surface area contributed by atoms with Crippen LogP contribution in [0, 0.1) is 0 Å². The SMILES string of the molecule is CC1(C)Cc2ccccc2C(=CC(=O)C(=O)NN=Cc2ccccc2)N1. The van der Waals surface area contributed by atoms with Gasteiger partial charge in [0.1, 0.15) is 0 Å². The van der Waals surface area contributed by atoms with Crippen molar-refractivity contribution in [3.05, 3.63) is 77.4 Å². The van der Waals surface area contributed by atoms with Gasteiger partial charge in [0.2, 0.25) is 5.78 Å². The Morgan fingerprint density at radius 2 is 1.77 bits per heavy atom. The van der Waals surface area contributed by atoms with Gasteiger partial charge in [-0.1, -0.05) is 54.6 Å². The standard InChI is InChI=1S/C21H21N3O2/c1-21(2)13-16-10-6-7-11-17(16)18(23-21)12-19(25)20(26)24-22-14-15-8-4-3-5-9-15/h3-12,14,23H,13H2,1-2H3,(H,24,26). The van der Waals surface area contributed by atoms with Gasteiger partial charge in [-0.25, -0.2) is 5.43 Å². The van der Waals surface area contributed by atoms with E-state index in [0.717, 1.165) is 23.1 Å². The molecule has 3 rings (SSSR count). The minimum absolute atomic E-state index is 0.192. The van der Waals surface area contributed by atoms with Crippen LogP contribution >= 0.6 is 0 Å². The van der Waals surface area contributed by atoms with Crippen LogP contribution in [0.25, 0.3) is 5.70 Å². The minimum Gasteiger partial charge on any atom is -0.379 e. The molecule has 5 nitrogen and oxygen atoms in total. The average molecular weight is 347 g/mol. The number of carbonyl (C=O) groups is 2. The smallest absolute Gasteiger partial charge is 0.311 e. The van der Waals surface area contributed by atoms with E-state index in [1.807, 2.05) is 54.6 Å². The Morgan fingerprint density at radius 3 is 2.54 bits per heavy atom. The molecule has 1 heterocycles. The highest BCUT2D eigenvalue weighted by Gasteiger charge is 2.28. The van der Waals surface area contributed by atoms with Crippen molar-refractivity contribution in [1.29, 1.82) is 0 Å². The van der Waals surface area contributed by atoms with Crippen molar-refractivity contribution < 1.29 is 9.59 Å². The van der Waals surface area contributed by atoms with Crippen LogP contribution in [0.15, 0.2) is 65.8 Å². The number of fused-ring (bicyclic) bond motifs is 1. The maximum absolute atomic E-state index is 12.3. The number of nitrogens with zero attached hydrogens (tertiary/aromatic N) is 1. The Balaban J connectivity index is 1.73. The fourth-order valence-corrected chi connectivity index (χ4v) is 2.96. The third-order valence-corrected chi connectivity index (χ3v) is 4.09. The zero-order chi connectivity index (χ0) is 18.6. The maximum atomic E-state index is 12.3. The predicted octanol–water partition coefficient (Wildman–Crippen LogP) is 2.67. The van der Waals surface area contributed by atoms with Crippen molar-refractivity contribution in [2.45, 2.75) is 25.8 Å². The lowest BCUT2D eigenvalue weighted by Gasteiger charge is -2.35. The molecule has 26 heavy (non-hydrogen) atoms.